The average Bonchev–Trinajstić information content (AvgIpc) is 2.52. The maximum atomic E-state index is 11.3. The van der Waals surface area contributed by atoms with E-state index in [0.29, 0.717) is 0 Å². The molecule has 67 valence electrons. The molecule has 4 heteroatoms. The van der Waals surface area contributed by atoms with Crippen molar-refractivity contribution in [3.8, 4) is 0 Å². The largest absolute Gasteiger partial charge is 0.468 e. The second-order valence-corrected chi connectivity index (χ2v) is 2.80. The Kier molecular flexibility index (Phi) is 5.54. The van der Waals surface area contributed by atoms with Gasteiger partial charge in [-0.3, -0.25) is 4.79 Å². The molecule has 1 saturated heterocycles. The normalized spacial score (nSPS) is 27.8. The van der Waals surface area contributed by atoms with E-state index in [1.807, 2.05) is 6.92 Å². The van der Waals surface area contributed by atoms with Crippen LogP contribution in [0.3, 0.4) is 0 Å². The van der Waals surface area contributed by atoms with Crippen LogP contribution >= 0.6 is 0 Å². The first-order valence-corrected chi connectivity index (χ1v) is 3.90. The zero-order chi connectivity index (χ0) is 8.32. The molecule has 1 radical (unpaired) electrons. The summed E-state index contributed by atoms with van der Waals surface area (Å²) in [5.74, 6) is -0.145. The van der Waals surface area contributed by atoms with Crippen LogP contribution in [0.2, 0.25) is 0 Å². The van der Waals surface area contributed by atoms with E-state index in [1.54, 1.807) is 0 Å². The molecule has 0 aliphatic carbocycles. The number of nitrogens with one attached hydrogen (secondary N) is 1. The number of esters is 1. The Hall–Kier alpha value is 0.534. The minimum absolute atomic E-state index is 0. The molecule has 3 nitrogen and oxygen atoms in total. The van der Waals surface area contributed by atoms with E-state index >= 15 is 0 Å². The van der Waals surface area contributed by atoms with Gasteiger partial charge in [0.2, 0.25) is 0 Å². The standard InChI is InChI=1S/C8H14NO2.Y/c1-3-8(7(10)11-2)5-4-6-9-8;/h4,9H,3,5-6H2,1-2H3;/q-1;. The Bertz CT molecular complexity index is 155. The van der Waals surface area contributed by atoms with E-state index in [-0.39, 0.29) is 38.7 Å². The SMILES string of the molecule is CCC1(C(=O)OC)C[CH-]CN1.[Y]. The van der Waals surface area contributed by atoms with Gasteiger partial charge in [0.25, 0.3) is 0 Å². The van der Waals surface area contributed by atoms with Crippen molar-refractivity contribution in [1.82, 2.24) is 5.32 Å². The zero-order valence-electron chi connectivity index (χ0n) is 7.59. The molecular formula is C8H14NO2Y-. The predicted octanol–water partition coefficient (Wildman–Crippen LogP) is 0.503. The van der Waals surface area contributed by atoms with Gasteiger partial charge in [-0.15, -0.1) is 13.0 Å². The van der Waals surface area contributed by atoms with Gasteiger partial charge in [0, 0.05) is 32.7 Å². The van der Waals surface area contributed by atoms with Gasteiger partial charge in [-0.05, 0) is 6.42 Å². The fraction of sp³-hybridized carbons (Fsp3) is 0.750. The summed E-state index contributed by atoms with van der Waals surface area (Å²) >= 11 is 0. The van der Waals surface area contributed by atoms with Crippen LogP contribution in [0.1, 0.15) is 19.8 Å². The molecule has 1 rings (SSSR count). The summed E-state index contributed by atoms with van der Waals surface area (Å²) in [5, 5.41) is 3.14. The number of hydrogen-bond donors (Lipinski definition) is 1. The number of ether oxygens (including phenoxy) is 1. The molecule has 1 aliphatic heterocycles. The topological polar surface area (TPSA) is 38.3 Å². The second kappa shape index (κ2) is 5.30. The molecule has 1 N–H and O–H groups in total. The van der Waals surface area contributed by atoms with Crippen LogP contribution in [0.4, 0.5) is 0 Å². The molecule has 0 spiro atoms. The number of methoxy groups -OCH3 is 1. The van der Waals surface area contributed by atoms with Crippen molar-refractivity contribution in [1.29, 1.82) is 0 Å². The van der Waals surface area contributed by atoms with Crippen molar-refractivity contribution in [2.75, 3.05) is 13.7 Å². The van der Waals surface area contributed by atoms with Crippen LogP contribution in [0.15, 0.2) is 0 Å². The van der Waals surface area contributed by atoms with Crippen LogP contribution < -0.4 is 5.32 Å². The molecule has 1 fully saturated rings. The van der Waals surface area contributed by atoms with Crippen molar-refractivity contribution in [3.05, 3.63) is 6.42 Å². The molecule has 0 aromatic carbocycles. The minimum Gasteiger partial charge on any atom is -0.468 e. The second-order valence-electron chi connectivity index (χ2n) is 2.80. The van der Waals surface area contributed by atoms with Crippen molar-refractivity contribution in [2.45, 2.75) is 25.3 Å². The van der Waals surface area contributed by atoms with E-state index in [9.17, 15) is 4.79 Å². The van der Waals surface area contributed by atoms with Crippen molar-refractivity contribution in [3.63, 3.8) is 0 Å². The summed E-state index contributed by atoms with van der Waals surface area (Å²) in [7, 11) is 1.43. The molecule has 0 aromatic heterocycles. The monoisotopic (exact) mass is 245 g/mol. The Morgan fingerprint density at radius 3 is 2.75 bits per heavy atom. The molecule has 0 aromatic rings. The fourth-order valence-electron chi connectivity index (χ4n) is 1.42. The Morgan fingerprint density at radius 2 is 2.42 bits per heavy atom. The van der Waals surface area contributed by atoms with Gasteiger partial charge in [-0.25, -0.2) is 0 Å². The third-order valence-electron chi connectivity index (χ3n) is 2.26. The molecule has 0 bridgehead atoms. The van der Waals surface area contributed by atoms with Crippen molar-refractivity contribution in [2.24, 2.45) is 0 Å². The summed E-state index contributed by atoms with van der Waals surface area (Å²) < 4.78 is 4.71. The zero-order valence-corrected chi connectivity index (χ0v) is 10.4. The maximum absolute atomic E-state index is 11.3. The number of carbonyl (C=O) groups excluding carboxylic acids is 1. The fourth-order valence-corrected chi connectivity index (χ4v) is 1.42. The summed E-state index contributed by atoms with van der Waals surface area (Å²) in [6, 6.07) is 0. The third-order valence-corrected chi connectivity index (χ3v) is 2.26. The molecule has 1 aliphatic rings. The Labute approximate surface area is 98.5 Å². The summed E-state index contributed by atoms with van der Waals surface area (Å²) in [6.07, 6.45) is 3.65. The Balaban J connectivity index is 0.00000121. The van der Waals surface area contributed by atoms with Gasteiger partial charge in [0.1, 0.15) is 0 Å². The van der Waals surface area contributed by atoms with Crippen LogP contribution in [0, 0.1) is 6.42 Å². The summed E-state index contributed by atoms with van der Waals surface area (Å²) in [6.45, 7) is 2.80. The molecule has 1 heterocycles. The van der Waals surface area contributed by atoms with Gasteiger partial charge in [-0.1, -0.05) is 6.92 Å². The van der Waals surface area contributed by atoms with Gasteiger partial charge in [0.05, 0.1) is 12.6 Å². The van der Waals surface area contributed by atoms with E-state index in [4.69, 9.17) is 4.74 Å². The van der Waals surface area contributed by atoms with Crippen LogP contribution in [-0.2, 0) is 42.2 Å². The maximum Gasteiger partial charge on any atom is 0.323 e. The van der Waals surface area contributed by atoms with Gasteiger partial charge >= 0.3 is 5.97 Å². The molecular weight excluding hydrogens is 231 g/mol. The van der Waals surface area contributed by atoms with Crippen LogP contribution in [0.5, 0.6) is 0 Å². The minimum atomic E-state index is -0.422. The molecule has 0 saturated carbocycles. The van der Waals surface area contributed by atoms with Gasteiger partial charge in [0.15, 0.2) is 0 Å². The first kappa shape index (κ1) is 12.5. The third kappa shape index (κ3) is 2.27. The summed E-state index contributed by atoms with van der Waals surface area (Å²) in [4.78, 5) is 11.3. The first-order chi connectivity index (χ1) is 5.25. The molecule has 1 atom stereocenters. The van der Waals surface area contributed by atoms with Crippen molar-refractivity contribution < 1.29 is 42.2 Å². The quantitative estimate of drug-likeness (QED) is 0.568. The van der Waals surface area contributed by atoms with Gasteiger partial charge < -0.3 is 16.5 Å². The number of hydrogen-bond acceptors (Lipinski definition) is 3. The summed E-state index contributed by atoms with van der Waals surface area (Å²) in [5.41, 5.74) is -0.422. The smallest absolute Gasteiger partial charge is 0.323 e. The van der Waals surface area contributed by atoms with Crippen molar-refractivity contribution >= 4 is 5.97 Å². The average molecular weight is 245 g/mol. The molecule has 1 unspecified atom stereocenters. The van der Waals surface area contributed by atoms with Crippen LogP contribution in [0.25, 0.3) is 0 Å². The van der Waals surface area contributed by atoms with Crippen LogP contribution in [-0.4, -0.2) is 25.2 Å². The van der Waals surface area contributed by atoms with E-state index in [0.717, 1.165) is 19.4 Å². The van der Waals surface area contributed by atoms with E-state index in [2.05, 4.69) is 11.7 Å². The first-order valence-electron chi connectivity index (χ1n) is 3.90. The predicted molar refractivity (Wildman–Crippen MR) is 42.0 cm³/mol. The van der Waals surface area contributed by atoms with E-state index in [1.165, 1.54) is 7.11 Å². The number of rotatable bonds is 2. The number of carbonyl (C=O) groups is 1. The molecule has 12 heavy (non-hydrogen) atoms. The molecule has 0 amide bonds. The Morgan fingerprint density at radius 1 is 1.75 bits per heavy atom. The van der Waals surface area contributed by atoms with Gasteiger partial charge in [-0.2, -0.15) is 0 Å². The van der Waals surface area contributed by atoms with E-state index < -0.39 is 5.54 Å².